The van der Waals surface area contributed by atoms with Gasteiger partial charge in [-0.3, -0.25) is 10.1 Å². The van der Waals surface area contributed by atoms with Gasteiger partial charge in [-0.25, -0.2) is 9.97 Å². The van der Waals surface area contributed by atoms with Crippen LogP contribution in [0.5, 0.6) is 0 Å². The Kier molecular flexibility index (Phi) is 4.39. The summed E-state index contributed by atoms with van der Waals surface area (Å²) < 4.78 is 5.35. The third-order valence-electron chi connectivity index (χ3n) is 3.97. The number of hydrogen-bond acceptors (Lipinski definition) is 7. The molecule has 0 unspecified atom stereocenters. The first-order valence-electron chi connectivity index (χ1n) is 7.95. The minimum Gasteiger partial charge on any atom is -0.362 e. The fourth-order valence-electron chi connectivity index (χ4n) is 2.66. The first-order chi connectivity index (χ1) is 13.1. The minimum atomic E-state index is -0.459. The van der Waals surface area contributed by atoms with Gasteiger partial charge < -0.3 is 9.84 Å². The first kappa shape index (κ1) is 16.9. The molecule has 2 heterocycles. The van der Waals surface area contributed by atoms with E-state index in [1.165, 1.54) is 18.5 Å². The van der Waals surface area contributed by atoms with E-state index < -0.39 is 4.92 Å². The summed E-state index contributed by atoms with van der Waals surface area (Å²) in [5.74, 6) is 1.14. The summed E-state index contributed by atoms with van der Waals surface area (Å²) in [5.41, 5.74) is 1.89. The van der Waals surface area contributed by atoms with Crippen molar-refractivity contribution in [3.63, 3.8) is 0 Å². The molecule has 4 aromatic rings. The quantitative estimate of drug-likeness (QED) is 0.401. The normalized spacial score (nSPS) is 10.9. The number of nitrogens with zero attached hydrogens (tertiary/aromatic N) is 4. The van der Waals surface area contributed by atoms with Crippen LogP contribution in [0.1, 0.15) is 5.76 Å². The van der Waals surface area contributed by atoms with E-state index in [-0.39, 0.29) is 5.69 Å². The molecule has 0 aliphatic rings. The van der Waals surface area contributed by atoms with Gasteiger partial charge in [0.05, 0.1) is 22.0 Å². The Morgan fingerprint density at radius 2 is 2.00 bits per heavy atom. The van der Waals surface area contributed by atoms with E-state index in [2.05, 4.69) is 20.4 Å². The van der Waals surface area contributed by atoms with E-state index in [9.17, 15) is 10.1 Å². The van der Waals surface area contributed by atoms with Gasteiger partial charge in [-0.2, -0.15) is 0 Å². The molecule has 27 heavy (non-hydrogen) atoms. The zero-order valence-electron chi connectivity index (χ0n) is 13.8. The lowest BCUT2D eigenvalue weighted by atomic mass is 10.1. The topological polar surface area (TPSA) is 107 Å². The van der Waals surface area contributed by atoms with Crippen LogP contribution < -0.4 is 5.32 Å². The van der Waals surface area contributed by atoms with Crippen molar-refractivity contribution < 1.29 is 9.45 Å². The molecule has 0 atom stereocenters. The summed E-state index contributed by atoms with van der Waals surface area (Å²) in [5, 5.41) is 19.4. The number of nitro benzene ring substituents is 1. The van der Waals surface area contributed by atoms with Crippen molar-refractivity contribution >= 4 is 34.0 Å². The molecular formula is C18H12ClN5O3. The van der Waals surface area contributed by atoms with Crippen LogP contribution in [0.3, 0.4) is 0 Å². The van der Waals surface area contributed by atoms with Crippen molar-refractivity contribution in [2.45, 2.75) is 6.54 Å². The molecule has 8 nitrogen and oxygen atoms in total. The number of aromatic nitrogens is 3. The molecule has 134 valence electrons. The maximum absolute atomic E-state index is 10.9. The smallest absolute Gasteiger partial charge is 0.271 e. The highest BCUT2D eigenvalue weighted by atomic mass is 35.5. The molecule has 0 amide bonds. The number of nitrogens with one attached hydrogen (secondary N) is 1. The van der Waals surface area contributed by atoms with Gasteiger partial charge in [-0.1, -0.05) is 35.0 Å². The SMILES string of the molecule is O=[N+]([O-])c1ccc2c(NCc3cc(-c4ccccc4Cl)no3)ncnc2c1. The minimum absolute atomic E-state index is 0.0215. The highest BCUT2D eigenvalue weighted by molar-refractivity contribution is 6.33. The number of nitro groups is 1. The predicted octanol–water partition coefficient (Wildman–Crippen LogP) is 4.46. The number of rotatable bonds is 5. The molecule has 0 bridgehead atoms. The maximum Gasteiger partial charge on any atom is 0.271 e. The van der Waals surface area contributed by atoms with Gasteiger partial charge >= 0.3 is 0 Å². The van der Waals surface area contributed by atoms with Gasteiger partial charge in [0.25, 0.3) is 5.69 Å². The highest BCUT2D eigenvalue weighted by Gasteiger charge is 2.12. The van der Waals surface area contributed by atoms with Crippen molar-refractivity contribution in [1.29, 1.82) is 0 Å². The summed E-state index contributed by atoms with van der Waals surface area (Å²) in [6.07, 6.45) is 1.35. The second-order valence-corrected chi connectivity index (χ2v) is 6.10. The van der Waals surface area contributed by atoms with Crippen molar-refractivity contribution in [2.24, 2.45) is 0 Å². The van der Waals surface area contributed by atoms with Crippen molar-refractivity contribution in [3.8, 4) is 11.3 Å². The lowest BCUT2D eigenvalue weighted by Gasteiger charge is -2.06. The highest BCUT2D eigenvalue weighted by Crippen LogP contribution is 2.28. The maximum atomic E-state index is 10.9. The fraction of sp³-hybridized carbons (Fsp3) is 0.0556. The molecule has 2 aromatic heterocycles. The molecule has 0 saturated heterocycles. The first-order valence-corrected chi connectivity index (χ1v) is 8.33. The zero-order chi connectivity index (χ0) is 18.8. The Hall–Kier alpha value is -3.52. The number of hydrogen-bond donors (Lipinski definition) is 1. The third kappa shape index (κ3) is 3.42. The van der Waals surface area contributed by atoms with Crippen molar-refractivity contribution in [3.05, 3.63) is 75.8 Å². The Morgan fingerprint density at radius 1 is 1.15 bits per heavy atom. The Balaban J connectivity index is 1.56. The molecular weight excluding hydrogens is 370 g/mol. The second-order valence-electron chi connectivity index (χ2n) is 5.69. The van der Waals surface area contributed by atoms with E-state index in [4.69, 9.17) is 16.1 Å². The number of halogens is 1. The van der Waals surface area contributed by atoms with E-state index >= 15 is 0 Å². The van der Waals surface area contributed by atoms with Crippen LogP contribution in [0.2, 0.25) is 5.02 Å². The summed E-state index contributed by atoms with van der Waals surface area (Å²) in [6.45, 7) is 0.334. The molecule has 0 fully saturated rings. The molecule has 0 spiro atoms. The number of non-ortho nitro benzene ring substituents is 1. The monoisotopic (exact) mass is 381 g/mol. The number of anilines is 1. The summed E-state index contributed by atoms with van der Waals surface area (Å²) >= 11 is 6.18. The standard InChI is InChI=1S/C18H12ClN5O3/c19-15-4-2-1-3-13(15)17-8-12(27-23-17)9-20-18-14-6-5-11(24(25)26)7-16(14)21-10-22-18/h1-8,10H,9H2,(H,20,21,22). The lowest BCUT2D eigenvalue weighted by molar-refractivity contribution is -0.384. The van der Waals surface area contributed by atoms with Gasteiger partial charge in [0.2, 0.25) is 0 Å². The van der Waals surface area contributed by atoms with Gasteiger partial charge in [-0.15, -0.1) is 0 Å². The molecule has 0 saturated carbocycles. The fourth-order valence-corrected chi connectivity index (χ4v) is 2.90. The number of fused-ring (bicyclic) bond motifs is 1. The molecule has 1 N–H and O–H groups in total. The molecule has 0 aliphatic heterocycles. The number of benzene rings is 2. The largest absolute Gasteiger partial charge is 0.362 e. The summed E-state index contributed by atoms with van der Waals surface area (Å²) in [7, 11) is 0. The predicted molar refractivity (Wildman–Crippen MR) is 100 cm³/mol. The van der Waals surface area contributed by atoms with E-state index in [0.29, 0.717) is 39.7 Å². The van der Waals surface area contributed by atoms with Gasteiger partial charge in [0.1, 0.15) is 17.8 Å². The van der Waals surface area contributed by atoms with Gasteiger partial charge in [0, 0.05) is 29.1 Å². The van der Waals surface area contributed by atoms with Crippen LogP contribution in [-0.4, -0.2) is 20.0 Å². The van der Waals surface area contributed by atoms with Crippen LogP contribution >= 0.6 is 11.6 Å². The zero-order valence-corrected chi connectivity index (χ0v) is 14.6. The van der Waals surface area contributed by atoms with Crippen LogP contribution in [0.15, 0.2) is 59.4 Å². The van der Waals surface area contributed by atoms with Crippen LogP contribution in [0.25, 0.3) is 22.2 Å². The molecule has 4 rings (SSSR count). The van der Waals surface area contributed by atoms with Crippen molar-refractivity contribution in [1.82, 2.24) is 15.1 Å². The molecule has 0 aliphatic carbocycles. The van der Waals surface area contributed by atoms with Gasteiger partial charge in [0.15, 0.2) is 5.76 Å². The summed E-state index contributed by atoms with van der Waals surface area (Å²) in [4.78, 5) is 18.7. The van der Waals surface area contributed by atoms with Gasteiger partial charge in [-0.05, 0) is 12.1 Å². The van der Waals surface area contributed by atoms with E-state index in [1.54, 1.807) is 18.2 Å². The third-order valence-corrected chi connectivity index (χ3v) is 4.30. The van der Waals surface area contributed by atoms with E-state index in [0.717, 1.165) is 5.56 Å². The van der Waals surface area contributed by atoms with Crippen LogP contribution in [-0.2, 0) is 6.54 Å². The summed E-state index contributed by atoms with van der Waals surface area (Å²) in [6, 6.07) is 13.6. The van der Waals surface area contributed by atoms with Crippen LogP contribution in [0, 0.1) is 10.1 Å². The lowest BCUT2D eigenvalue weighted by Crippen LogP contribution is -2.02. The van der Waals surface area contributed by atoms with E-state index in [1.807, 2.05) is 18.2 Å². The molecule has 9 heteroatoms. The second kappa shape index (κ2) is 7.00. The molecule has 2 aromatic carbocycles. The Morgan fingerprint density at radius 3 is 2.81 bits per heavy atom. The average molecular weight is 382 g/mol. The Bertz CT molecular complexity index is 1140. The average Bonchev–Trinajstić information content (AvgIpc) is 3.15. The Labute approximate surface area is 158 Å². The van der Waals surface area contributed by atoms with Crippen LogP contribution in [0.4, 0.5) is 11.5 Å². The molecule has 0 radical (unpaired) electrons. The van der Waals surface area contributed by atoms with Crippen molar-refractivity contribution in [2.75, 3.05) is 5.32 Å².